The second-order valence-electron chi connectivity index (χ2n) is 6.32. The molecule has 0 aromatic carbocycles. The van der Waals surface area contributed by atoms with Gasteiger partial charge < -0.3 is 15.5 Å². The molecule has 0 bridgehead atoms. The summed E-state index contributed by atoms with van der Waals surface area (Å²) >= 11 is 1.75. The topological polar surface area (TPSA) is 90.9 Å². The van der Waals surface area contributed by atoms with Gasteiger partial charge in [-0.05, 0) is 36.8 Å². The summed E-state index contributed by atoms with van der Waals surface area (Å²) in [5.74, 6) is 0.652. The number of nitrogens with one attached hydrogen (secondary N) is 2. The van der Waals surface area contributed by atoms with Crippen LogP contribution in [0.4, 0.5) is 0 Å². The zero-order valence-electron chi connectivity index (χ0n) is 15.3. The lowest BCUT2D eigenvalue weighted by molar-refractivity contribution is -0.130. The number of halogens is 1. The Morgan fingerprint density at radius 1 is 1.46 bits per heavy atom. The third kappa shape index (κ3) is 7.39. The number of hydrogen-bond donors (Lipinski definition) is 2. The Hall–Kier alpha value is -0.880. The molecule has 2 heterocycles. The molecule has 1 aliphatic heterocycles. The first kappa shape index (κ1) is 23.2. The number of sulfone groups is 1. The molecule has 0 saturated heterocycles. The summed E-state index contributed by atoms with van der Waals surface area (Å²) in [6.45, 7) is 3.46. The van der Waals surface area contributed by atoms with Crippen LogP contribution in [0.3, 0.4) is 0 Å². The molecule has 148 valence electrons. The van der Waals surface area contributed by atoms with Gasteiger partial charge in [0.1, 0.15) is 9.84 Å². The van der Waals surface area contributed by atoms with Crippen molar-refractivity contribution in [3.63, 3.8) is 0 Å². The minimum absolute atomic E-state index is 0. The highest BCUT2D eigenvalue weighted by molar-refractivity contribution is 14.0. The van der Waals surface area contributed by atoms with Crippen molar-refractivity contribution < 1.29 is 13.2 Å². The van der Waals surface area contributed by atoms with Gasteiger partial charge in [-0.1, -0.05) is 0 Å². The quantitative estimate of drug-likeness (QED) is 0.339. The van der Waals surface area contributed by atoms with Gasteiger partial charge in [0.25, 0.3) is 0 Å². The molecule has 0 fully saturated rings. The van der Waals surface area contributed by atoms with Crippen molar-refractivity contribution in [3.8, 4) is 0 Å². The molecule has 0 saturated carbocycles. The number of carbonyl (C=O) groups is 1. The summed E-state index contributed by atoms with van der Waals surface area (Å²) in [6, 6.07) is 2.02. The molecular formula is C16H27IN4O3S2. The summed E-state index contributed by atoms with van der Waals surface area (Å²) < 4.78 is 22.5. The molecule has 7 nitrogen and oxygen atoms in total. The molecule has 1 aliphatic rings. The largest absolute Gasteiger partial charge is 0.354 e. The van der Waals surface area contributed by atoms with Gasteiger partial charge in [-0.3, -0.25) is 9.79 Å². The van der Waals surface area contributed by atoms with Gasteiger partial charge in [0.05, 0.1) is 12.3 Å². The highest BCUT2D eigenvalue weighted by Crippen LogP contribution is 2.23. The second kappa shape index (κ2) is 10.5. The minimum Gasteiger partial charge on any atom is -0.354 e. The maximum absolute atomic E-state index is 12.4. The van der Waals surface area contributed by atoms with Gasteiger partial charge in [0.2, 0.25) is 5.91 Å². The third-order valence-corrected chi connectivity index (χ3v) is 6.10. The normalized spacial score (nSPS) is 15.7. The molecule has 0 radical (unpaired) electrons. The van der Waals surface area contributed by atoms with E-state index in [1.165, 1.54) is 16.7 Å². The van der Waals surface area contributed by atoms with Crippen molar-refractivity contribution in [1.29, 1.82) is 0 Å². The van der Waals surface area contributed by atoms with Crippen LogP contribution in [-0.4, -0.2) is 63.4 Å². The van der Waals surface area contributed by atoms with Crippen molar-refractivity contribution >= 4 is 57.0 Å². The van der Waals surface area contributed by atoms with E-state index in [1.807, 2.05) is 11.8 Å². The minimum atomic E-state index is -2.98. The molecule has 2 rings (SSSR count). The van der Waals surface area contributed by atoms with E-state index in [9.17, 15) is 13.2 Å². The summed E-state index contributed by atoms with van der Waals surface area (Å²) in [5, 5.41) is 8.20. The van der Waals surface area contributed by atoms with E-state index in [2.05, 4.69) is 27.1 Å². The molecule has 26 heavy (non-hydrogen) atoms. The average molecular weight is 514 g/mol. The number of aliphatic imine (C=N–C) groups is 1. The number of nitrogens with zero attached hydrogens (tertiary/aromatic N) is 2. The lowest BCUT2D eigenvalue weighted by Crippen LogP contribution is -2.48. The number of amides is 1. The Morgan fingerprint density at radius 2 is 2.19 bits per heavy atom. The second-order valence-corrected chi connectivity index (χ2v) is 9.58. The standard InChI is InChI=1S/C16H26N4O3S2.HI/c1-12(6-9-25(3,22)23)19-16(17-2)18-10-15(21)20-7-4-14-13(11-20)5-8-24-14;/h5,8,12H,4,6-7,9-11H2,1-3H3,(H2,17,18,19);1H. The Morgan fingerprint density at radius 3 is 2.85 bits per heavy atom. The first-order valence-corrected chi connectivity index (χ1v) is 11.2. The lowest BCUT2D eigenvalue weighted by Gasteiger charge is -2.27. The smallest absolute Gasteiger partial charge is 0.242 e. The van der Waals surface area contributed by atoms with E-state index in [-0.39, 0.29) is 48.2 Å². The van der Waals surface area contributed by atoms with Gasteiger partial charge in [-0.15, -0.1) is 35.3 Å². The lowest BCUT2D eigenvalue weighted by atomic mass is 10.1. The maximum atomic E-state index is 12.4. The van der Waals surface area contributed by atoms with Crippen molar-refractivity contribution in [3.05, 3.63) is 21.9 Å². The van der Waals surface area contributed by atoms with Crippen LogP contribution in [0.15, 0.2) is 16.4 Å². The summed E-state index contributed by atoms with van der Waals surface area (Å²) in [7, 11) is -1.36. The predicted molar refractivity (Wildman–Crippen MR) is 117 cm³/mol. The SMILES string of the molecule is CN=C(NCC(=O)N1CCc2sccc2C1)NC(C)CCS(C)(=O)=O.I. The van der Waals surface area contributed by atoms with Crippen LogP contribution in [0.1, 0.15) is 23.8 Å². The van der Waals surface area contributed by atoms with Gasteiger partial charge in [0.15, 0.2) is 5.96 Å². The Labute approximate surface area is 176 Å². The van der Waals surface area contributed by atoms with E-state index in [1.54, 1.807) is 18.4 Å². The van der Waals surface area contributed by atoms with Crippen LogP contribution in [0.2, 0.25) is 0 Å². The predicted octanol–water partition coefficient (Wildman–Crippen LogP) is 1.24. The van der Waals surface area contributed by atoms with Crippen LogP contribution in [0.5, 0.6) is 0 Å². The van der Waals surface area contributed by atoms with Gasteiger partial charge >= 0.3 is 0 Å². The van der Waals surface area contributed by atoms with Crippen molar-refractivity contribution in [2.24, 2.45) is 4.99 Å². The Balaban J connectivity index is 0.00000338. The molecule has 1 aromatic heterocycles. The monoisotopic (exact) mass is 514 g/mol. The van der Waals surface area contributed by atoms with Crippen molar-refractivity contribution in [2.45, 2.75) is 32.4 Å². The Bertz CT molecular complexity index is 734. The van der Waals surface area contributed by atoms with Crippen LogP contribution < -0.4 is 10.6 Å². The molecule has 2 N–H and O–H groups in total. The highest BCUT2D eigenvalue weighted by atomic mass is 127. The molecule has 0 aliphatic carbocycles. The number of thiophene rings is 1. The van der Waals surface area contributed by atoms with Crippen LogP contribution in [0.25, 0.3) is 0 Å². The molecule has 10 heteroatoms. The van der Waals surface area contributed by atoms with Gasteiger partial charge in [-0.2, -0.15) is 0 Å². The molecule has 0 spiro atoms. The molecule has 1 unspecified atom stereocenters. The zero-order valence-corrected chi connectivity index (χ0v) is 19.3. The van der Waals surface area contributed by atoms with E-state index < -0.39 is 9.84 Å². The van der Waals surface area contributed by atoms with Crippen LogP contribution in [-0.2, 0) is 27.6 Å². The van der Waals surface area contributed by atoms with Crippen molar-refractivity contribution in [1.82, 2.24) is 15.5 Å². The van der Waals surface area contributed by atoms with Crippen LogP contribution >= 0.6 is 35.3 Å². The van der Waals surface area contributed by atoms with Crippen molar-refractivity contribution in [2.75, 3.05) is 32.1 Å². The molecular weight excluding hydrogens is 487 g/mol. The first-order valence-electron chi connectivity index (χ1n) is 8.26. The number of hydrogen-bond acceptors (Lipinski definition) is 5. The first-order chi connectivity index (χ1) is 11.8. The van der Waals surface area contributed by atoms with E-state index >= 15 is 0 Å². The number of rotatable bonds is 6. The molecule has 1 atom stereocenters. The van der Waals surface area contributed by atoms with Crippen LogP contribution in [0, 0.1) is 0 Å². The fraction of sp³-hybridized carbons (Fsp3) is 0.625. The summed E-state index contributed by atoms with van der Waals surface area (Å²) in [5.41, 5.74) is 1.24. The average Bonchev–Trinajstić information content (AvgIpc) is 3.03. The summed E-state index contributed by atoms with van der Waals surface area (Å²) in [6.07, 6.45) is 2.62. The van der Waals surface area contributed by atoms with Gasteiger partial charge in [0, 0.05) is 37.3 Å². The third-order valence-electron chi connectivity index (χ3n) is 4.10. The molecule has 1 amide bonds. The number of guanidine groups is 1. The number of carbonyl (C=O) groups excluding carboxylic acids is 1. The maximum Gasteiger partial charge on any atom is 0.242 e. The summed E-state index contributed by atoms with van der Waals surface area (Å²) in [4.78, 5) is 19.7. The van der Waals surface area contributed by atoms with E-state index in [0.29, 0.717) is 18.9 Å². The Kier molecular flexibility index (Phi) is 9.31. The number of fused-ring (bicyclic) bond motifs is 1. The van der Waals surface area contributed by atoms with E-state index in [0.717, 1.165) is 13.0 Å². The fourth-order valence-electron chi connectivity index (χ4n) is 2.62. The van der Waals surface area contributed by atoms with E-state index in [4.69, 9.17) is 0 Å². The molecule has 1 aromatic rings. The fourth-order valence-corrected chi connectivity index (χ4v) is 4.29. The zero-order chi connectivity index (χ0) is 18.4. The highest BCUT2D eigenvalue weighted by Gasteiger charge is 2.21. The van der Waals surface area contributed by atoms with Gasteiger partial charge in [-0.25, -0.2) is 8.42 Å².